The van der Waals surface area contributed by atoms with Gasteiger partial charge in [0.2, 0.25) is 0 Å². The third kappa shape index (κ3) is 3.42. The standard InChI is InChI=1S/C11H16N2O2S2/c1-7-12-11(17-13-7)16-9-6-4-2-3-5-8(9)10(14)15/h8-9H,2-6H2,1H3,(H,14,15). The molecule has 2 rings (SSSR count). The summed E-state index contributed by atoms with van der Waals surface area (Å²) >= 11 is 2.97. The Balaban J connectivity index is 2.07. The Morgan fingerprint density at radius 3 is 2.82 bits per heavy atom. The number of carboxylic acids is 1. The van der Waals surface area contributed by atoms with Crippen LogP contribution in [0.1, 0.15) is 37.9 Å². The maximum Gasteiger partial charge on any atom is 0.307 e. The summed E-state index contributed by atoms with van der Waals surface area (Å²) in [4.78, 5) is 15.6. The van der Waals surface area contributed by atoms with Gasteiger partial charge in [-0.3, -0.25) is 4.79 Å². The molecular weight excluding hydrogens is 256 g/mol. The van der Waals surface area contributed by atoms with Crippen LogP contribution in [0.4, 0.5) is 0 Å². The molecule has 6 heteroatoms. The van der Waals surface area contributed by atoms with Gasteiger partial charge in [0.25, 0.3) is 0 Å². The van der Waals surface area contributed by atoms with E-state index in [0.717, 1.165) is 42.3 Å². The third-order valence-electron chi connectivity index (χ3n) is 3.03. The summed E-state index contributed by atoms with van der Waals surface area (Å²) in [5.41, 5.74) is 0. The van der Waals surface area contributed by atoms with Crippen molar-refractivity contribution in [3.8, 4) is 0 Å². The molecule has 0 aromatic carbocycles. The van der Waals surface area contributed by atoms with Gasteiger partial charge in [0, 0.05) is 5.25 Å². The van der Waals surface area contributed by atoms with Crippen LogP contribution in [0.2, 0.25) is 0 Å². The second kappa shape index (κ2) is 5.82. The maximum absolute atomic E-state index is 11.3. The maximum atomic E-state index is 11.3. The lowest BCUT2D eigenvalue weighted by atomic mass is 10.0. The van der Waals surface area contributed by atoms with Crippen molar-refractivity contribution in [1.82, 2.24) is 9.36 Å². The molecule has 1 saturated carbocycles. The minimum Gasteiger partial charge on any atom is -0.481 e. The fourth-order valence-electron chi connectivity index (χ4n) is 2.15. The summed E-state index contributed by atoms with van der Waals surface area (Å²) in [5.74, 6) is -0.115. The van der Waals surface area contributed by atoms with Gasteiger partial charge < -0.3 is 5.11 Å². The molecule has 1 N–H and O–H groups in total. The lowest BCUT2D eigenvalue weighted by molar-refractivity contribution is -0.141. The first-order valence-corrected chi connectivity index (χ1v) is 7.52. The highest BCUT2D eigenvalue weighted by molar-refractivity contribution is 8.01. The number of carboxylic acid groups (broad SMARTS) is 1. The van der Waals surface area contributed by atoms with Gasteiger partial charge in [0.05, 0.1) is 5.92 Å². The van der Waals surface area contributed by atoms with Gasteiger partial charge in [0.15, 0.2) is 4.34 Å². The normalized spacial score (nSPS) is 25.5. The smallest absolute Gasteiger partial charge is 0.307 e. The highest BCUT2D eigenvalue weighted by Gasteiger charge is 2.30. The number of nitrogens with zero attached hydrogens (tertiary/aromatic N) is 2. The van der Waals surface area contributed by atoms with E-state index in [4.69, 9.17) is 0 Å². The van der Waals surface area contributed by atoms with E-state index < -0.39 is 5.97 Å². The van der Waals surface area contributed by atoms with Gasteiger partial charge in [-0.05, 0) is 31.3 Å². The fourth-order valence-corrected chi connectivity index (χ4v) is 4.38. The van der Waals surface area contributed by atoms with Crippen molar-refractivity contribution in [2.75, 3.05) is 0 Å². The number of hydrogen-bond acceptors (Lipinski definition) is 5. The zero-order valence-electron chi connectivity index (χ0n) is 9.76. The second-order valence-electron chi connectivity index (χ2n) is 4.35. The topological polar surface area (TPSA) is 63.1 Å². The summed E-state index contributed by atoms with van der Waals surface area (Å²) < 4.78 is 5.04. The molecule has 2 unspecified atom stereocenters. The van der Waals surface area contributed by atoms with Crippen molar-refractivity contribution in [2.24, 2.45) is 5.92 Å². The van der Waals surface area contributed by atoms with Crippen LogP contribution in [-0.2, 0) is 4.79 Å². The van der Waals surface area contributed by atoms with E-state index in [1.165, 1.54) is 11.5 Å². The summed E-state index contributed by atoms with van der Waals surface area (Å²) in [7, 11) is 0. The van der Waals surface area contributed by atoms with E-state index in [1.54, 1.807) is 11.8 Å². The van der Waals surface area contributed by atoms with Crippen LogP contribution >= 0.6 is 23.3 Å². The number of thioether (sulfide) groups is 1. The number of rotatable bonds is 3. The molecule has 0 bridgehead atoms. The zero-order chi connectivity index (χ0) is 12.3. The molecule has 1 aliphatic carbocycles. The molecule has 17 heavy (non-hydrogen) atoms. The van der Waals surface area contributed by atoms with Crippen LogP contribution in [0.15, 0.2) is 4.34 Å². The van der Waals surface area contributed by atoms with Gasteiger partial charge in [-0.15, -0.1) is 0 Å². The molecule has 1 aromatic rings. The third-order valence-corrected chi connectivity index (χ3v) is 5.31. The average molecular weight is 272 g/mol. The molecule has 0 spiro atoms. The molecule has 4 nitrogen and oxygen atoms in total. The minimum atomic E-state index is -0.661. The van der Waals surface area contributed by atoms with E-state index in [1.807, 2.05) is 6.92 Å². The van der Waals surface area contributed by atoms with Crippen LogP contribution in [0.25, 0.3) is 0 Å². The lowest BCUT2D eigenvalue weighted by Crippen LogP contribution is -2.24. The van der Waals surface area contributed by atoms with E-state index in [2.05, 4.69) is 9.36 Å². The molecular formula is C11H16N2O2S2. The van der Waals surface area contributed by atoms with Gasteiger partial charge >= 0.3 is 5.97 Å². The quantitative estimate of drug-likeness (QED) is 0.857. The minimum absolute atomic E-state index is 0.155. The first-order valence-electron chi connectivity index (χ1n) is 5.86. The van der Waals surface area contributed by atoms with Crippen molar-refractivity contribution in [1.29, 1.82) is 0 Å². The Hall–Kier alpha value is -0.620. The Kier molecular flexibility index (Phi) is 4.39. The Bertz CT molecular complexity index is 395. The molecule has 0 radical (unpaired) electrons. The van der Waals surface area contributed by atoms with E-state index in [0.29, 0.717) is 0 Å². The SMILES string of the molecule is Cc1nsc(SC2CCCCCC2C(=O)O)n1. The van der Waals surface area contributed by atoms with Gasteiger partial charge in [0.1, 0.15) is 5.82 Å². The number of aromatic nitrogens is 2. The van der Waals surface area contributed by atoms with Crippen molar-refractivity contribution < 1.29 is 9.90 Å². The van der Waals surface area contributed by atoms with Gasteiger partial charge in [-0.25, -0.2) is 4.98 Å². The number of aryl methyl sites for hydroxylation is 1. The first-order chi connectivity index (χ1) is 8.16. The summed E-state index contributed by atoms with van der Waals surface area (Å²) in [5, 5.41) is 9.43. The molecule has 94 valence electrons. The second-order valence-corrected chi connectivity index (χ2v) is 6.58. The molecule has 1 aromatic heterocycles. The van der Waals surface area contributed by atoms with Crippen molar-refractivity contribution in [3.05, 3.63) is 5.82 Å². The first kappa shape index (κ1) is 12.8. The molecule has 0 aliphatic heterocycles. The Labute approximate surface area is 109 Å². The van der Waals surface area contributed by atoms with Gasteiger partial charge in [-0.1, -0.05) is 31.0 Å². The lowest BCUT2D eigenvalue weighted by Gasteiger charge is -2.19. The predicted molar refractivity (Wildman–Crippen MR) is 68.5 cm³/mol. The van der Waals surface area contributed by atoms with Crippen molar-refractivity contribution >= 4 is 29.3 Å². The van der Waals surface area contributed by atoms with E-state index in [-0.39, 0.29) is 11.2 Å². The van der Waals surface area contributed by atoms with E-state index >= 15 is 0 Å². The molecule has 0 saturated heterocycles. The van der Waals surface area contributed by atoms with Crippen molar-refractivity contribution in [3.63, 3.8) is 0 Å². The number of carbonyl (C=O) groups is 1. The highest BCUT2D eigenvalue weighted by Crippen LogP contribution is 2.37. The summed E-state index contributed by atoms with van der Waals surface area (Å²) in [6.07, 6.45) is 5.07. The summed E-state index contributed by atoms with van der Waals surface area (Å²) in [6, 6.07) is 0. The van der Waals surface area contributed by atoms with Crippen LogP contribution in [0.5, 0.6) is 0 Å². The van der Waals surface area contributed by atoms with Crippen LogP contribution in [0, 0.1) is 12.8 Å². The number of hydrogen-bond donors (Lipinski definition) is 1. The largest absolute Gasteiger partial charge is 0.481 e. The molecule has 2 atom stereocenters. The van der Waals surface area contributed by atoms with Crippen LogP contribution in [-0.4, -0.2) is 25.7 Å². The Morgan fingerprint density at radius 2 is 2.18 bits per heavy atom. The molecule has 1 fully saturated rings. The Morgan fingerprint density at radius 1 is 1.41 bits per heavy atom. The van der Waals surface area contributed by atoms with Crippen LogP contribution < -0.4 is 0 Å². The predicted octanol–water partition coefficient (Wildman–Crippen LogP) is 2.97. The molecule has 1 aliphatic rings. The molecule has 1 heterocycles. The highest BCUT2D eigenvalue weighted by atomic mass is 32.2. The van der Waals surface area contributed by atoms with Crippen molar-refractivity contribution in [2.45, 2.75) is 48.6 Å². The molecule has 0 amide bonds. The van der Waals surface area contributed by atoms with Gasteiger partial charge in [-0.2, -0.15) is 4.37 Å². The fraction of sp³-hybridized carbons (Fsp3) is 0.727. The zero-order valence-corrected chi connectivity index (χ0v) is 11.4. The summed E-state index contributed by atoms with van der Waals surface area (Å²) in [6.45, 7) is 1.86. The monoisotopic (exact) mass is 272 g/mol. The van der Waals surface area contributed by atoms with E-state index in [9.17, 15) is 9.90 Å². The van der Waals surface area contributed by atoms with Crippen LogP contribution in [0.3, 0.4) is 0 Å². The average Bonchev–Trinajstić information content (AvgIpc) is 2.55. The number of aliphatic carboxylic acids is 1.